The average molecular weight is 220 g/mol. The summed E-state index contributed by atoms with van der Waals surface area (Å²) in [5, 5.41) is 3.41. The second-order valence-corrected chi connectivity index (χ2v) is 6.98. The smallest absolute Gasteiger partial charge is 0.211 e. The predicted molar refractivity (Wildman–Crippen MR) is 57.7 cm³/mol. The number of rotatable bonds is 2. The summed E-state index contributed by atoms with van der Waals surface area (Å²) in [4.78, 5) is 0. The van der Waals surface area contributed by atoms with Crippen LogP contribution in [0.2, 0.25) is 0 Å². The van der Waals surface area contributed by atoms with Gasteiger partial charge in [-0.1, -0.05) is 0 Å². The SMILES string of the molecule is CC(C)(C)NC1CCN(S(C)(=O)=O)C1. The van der Waals surface area contributed by atoms with E-state index in [-0.39, 0.29) is 5.54 Å². The van der Waals surface area contributed by atoms with Crippen LogP contribution in [-0.4, -0.2) is 43.6 Å². The molecule has 1 heterocycles. The molecule has 1 unspecified atom stereocenters. The maximum absolute atomic E-state index is 11.2. The molecular formula is C9H20N2O2S. The minimum atomic E-state index is -3.00. The number of nitrogens with zero attached hydrogens (tertiary/aromatic N) is 1. The van der Waals surface area contributed by atoms with Crippen LogP contribution in [0.3, 0.4) is 0 Å². The molecule has 84 valence electrons. The fraction of sp³-hybridized carbons (Fsp3) is 1.00. The van der Waals surface area contributed by atoms with Gasteiger partial charge in [-0.2, -0.15) is 0 Å². The molecule has 4 nitrogen and oxygen atoms in total. The Labute approximate surface area is 86.7 Å². The summed E-state index contributed by atoms with van der Waals surface area (Å²) in [6.07, 6.45) is 2.18. The molecule has 0 bridgehead atoms. The molecular weight excluding hydrogens is 200 g/mol. The predicted octanol–water partition coefficient (Wildman–Crippen LogP) is 0.408. The van der Waals surface area contributed by atoms with Crippen LogP contribution in [0.15, 0.2) is 0 Å². The van der Waals surface area contributed by atoms with Crippen molar-refractivity contribution in [2.24, 2.45) is 0 Å². The Morgan fingerprint density at radius 1 is 1.36 bits per heavy atom. The Kier molecular flexibility index (Phi) is 3.23. The molecule has 0 aromatic carbocycles. The Hall–Kier alpha value is -0.130. The van der Waals surface area contributed by atoms with Crippen molar-refractivity contribution in [3.05, 3.63) is 0 Å². The normalized spacial score (nSPS) is 25.6. The molecule has 1 aliphatic rings. The first-order valence-corrected chi connectivity index (χ1v) is 6.76. The van der Waals surface area contributed by atoms with E-state index in [9.17, 15) is 8.42 Å². The van der Waals surface area contributed by atoms with Crippen molar-refractivity contribution in [2.75, 3.05) is 19.3 Å². The van der Waals surface area contributed by atoms with Crippen LogP contribution in [0.25, 0.3) is 0 Å². The topological polar surface area (TPSA) is 49.4 Å². The zero-order valence-electron chi connectivity index (χ0n) is 9.37. The van der Waals surface area contributed by atoms with E-state index < -0.39 is 10.0 Å². The van der Waals surface area contributed by atoms with Gasteiger partial charge in [-0.05, 0) is 27.2 Å². The van der Waals surface area contributed by atoms with Gasteiger partial charge in [0, 0.05) is 24.7 Å². The molecule has 0 saturated carbocycles. The van der Waals surface area contributed by atoms with Crippen molar-refractivity contribution < 1.29 is 8.42 Å². The van der Waals surface area contributed by atoms with Crippen LogP contribution in [0.4, 0.5) is 0 Å². The molecule has 5 heteroatoms. The van der Waals surface area contributed by atoms with Crippen molar-refractivity contribution >= 4 is 10.0 Å². The van der Waals surface area contributed by atoms with Crippen LogP contribution in [-0.2, 0) is 10.0 Å². The first-order chi connectivity index (χ1) is 6.18. The molecule has 0 radical (unpaired) electrons. The molecule has 1 rings (SSSR count). The van der Waals surface area contributed by atoms with Gasteiger partial charge in [-0.15, -0.1) is 0 Å². The van der Waals surface area contributed by atoms with Crippen molar-refractivity contribution in [2.45, 2.75) is 38.8 Å². The number of hydrogen-bond donors (Lipinski definition) is 1. The van der Waals surface area contributed by atoms with Crippen molar-refractivity contribution in [3.8, 4) is 0 Å². The Balaban J connectivity index is 2.51. The van der Waals surface area contributed by atoms with E-state index in [1.54, 1.807) is 0 Å². The van der Waals surface area contributed by atoms with E-state index in [1.807, 2.05) is 0 Å². The van der Waals surface area contributed by atoms with Crippen molar-refractivity contribution in [1.29, 1.82) is 0 Å². The molecule has 1 aliphatic heterocycles. The van der Waals surface area contributed by atoms with Crippen LogP contribution in [0, 0.1) is 0 Å². The van der Waals surface area contributed by atoms with E-state index in [2.05, 4.69) is 26.1 Å². The maximum atomic E-state index is 11.2. The zero-order chi connectivity index (χ0) is 11.0. The molecule has 14 heavy (non-hydrogen) atoms. The standard InChI is InChI=1S/C9H20N2O2S/c1-9(2,3)10-8-5-6-11(7-8)14(4,12)13/h8,10H,5-7H2,1-4H3. The summed E-state index contributed by atoms with van der Waals surface area (Å²) in [5.41, 5.74) is 0.0537. The van der Waals surface area contributed by atoms with Crippen LogP contribution in [0.5, 0.6) is 0 Å². The third kappa shape index (κ3) is 3.55. The molecule has 0 aromatic heterocycles. The van der Waals surface area contributed by atoms with Gasteiger partial charge < -0.3 is 5.32 Å². The first-order valence-electron chi connectivity index (χ1n) is 4.91. The van der Waals surface area contributed by atoms with Gasteiger partial charge in [0.1, 0.15) is 0 Å². The lowest BCUT2D eigenvalue weighted by atomic mass is 10.1. The quantitative estimate of drug-likeness (QED) is 0.733. The lowest BCUT2D eigenvalue weighted by molar-refractivity contribution is 0.361. The summed E-state index contributed by atoms with van der Waals surface area (Å²) < 4.78 is 24.0. The number of nitrogens with one attached hydrogen (secondary N) is 1. The highest BCUT2D eigenvalue weighted by Gasteiger charge is 2.30. The fourth-order valence-electron chi connectivity index (χ4n) is 1.76. The summed E-state index contributed by atoms with van der Waals surface area (Å²) >= 11 is 0. The van der Waals surface area contributed by atoms with E-state index in [4.69, 9.17) is 0 Å². The molecule has 0 aliphatic carbocycles. The van der Waals surface area contributed by atoms with E-state index in [0.29, 0.717) is 19.1 Å². The molecule has 1 fully saturated rings. The summed E-state index contributed by atoms with van der Waals surface area (Å²) in [5.74, 6) is 0. The average Bonchev–Trinajstić information content (AvgIpc) is 2.29. The third-order valence-electron chi connectivity index (χ3n) is 2.26. The van der Waals surface area contributed by atoms with E-state index in [1.165, 1.54) is 10.6 Å². The van der Waals surface area contributed by atoms with Crippen molar-refractivity contribution in [1.82, 2.24) is 9.62 Å². The highest BCUT2D eigenvalue weighted by Crippen LogP contribution is 2.15. The molecule has 1 N–H and O–H groups in total. The molecule has 0 aromatic rings. The minimum absolute atomic E-state index is 0.0537. The molecule has 0 amide bonds. The molecule has 1 saturated heterocycles. The second-order valence-electron chi connectivity index (χ2n) is 5.00. The van der Waals surface area contributed by atoms with E-state index in [0.717, 1.165) is 6.42 Å². The van der Waals surface area contributed by atoms with Crippen LogP contribution in [0.1, 0.15) is 27.2 Å². The monoisotopic (exact) mass is 220 g/mol. The summed E-state index contributed by atoms with van der Waals surface area (Å²) in [7, 11) is -3.00. The highest BCUT2D eigenvalue weighted by atomic mass is 32.2. The largest absolute Gasteiger partial charge is 0.308 e. The number of hydrogen-bond acceptors (Lipinski definition) is 3. The summed E-state index contributed by atoms with van der Waals surface area (Å²) in [6, 6.07) is 0.296. The Bertz CT molecular complexity index is 292. The third-order valence-corrected chi connectivity index (χ3v) is 3.53. The lowest BCUT2D eigenvalue weighted by Crippen LogP contribution is -2.45. The lowest BCUT2D eigenvalue weighted by Gasteiger charge is -2.25. The van der Waals surface area contributed by atoms with Gasteiger partial charge in [0.15, 0.2) is 0 Å². The van der Waals surface area contributed by atoms with Gasteiger partial charge in [-0.25, -0.2) is 12.7 Å². The Morgan fingerprint density at radius 3 is 2.29 bits per heavy atom. The molecule has 0 spiro atoms. The first kappa shape index (κ1) is 11.9. The summed E-state index contributed by atoms with van der Waals surface area (Å²) in [6.45, 7) is 7.53. The van der Waals surface area contributed by atoms with Gasteiger partial charge in [-0.3, -0.25) is 0 Å². The van der Waals surface area contributed by atoms with Crippen LogP contribution >= 0.6 is 0 Å². The minimum Gasteiger partial charge on any atom is -0.308 e. The van der Waals surface area contributed by atoms with Gasteiger partial charge in [0.2, 0.25) is 10.0 Å². The Morgan fingerprint density at radius 2 is 1.93 bits per heavy atom. The van der Waals surface area contributed by atoms with Gasteiger partial charge in [0.25, 0.3) is 0 Å². The fourth-order valence-corrected chi connectivity index (χ4v) is 2.65. The zero-order valence-corrected chi connectivity index (χ0v) is 10.2. The van der Waals surface area contributed by atoms with Gasteiger partial charge in [0.05, 0.1) is 6.26 Å². The van der Waals surface area contributed by atoms with Crippen LogP contribution < -0.4 is 5.32 Å². The van der Waals surface area contributed by atoms with Gasteiger partial charge >= 0.3 is 0 Å². The van der Waals surface area contributed by atoms with Crippen molar-refractivity contribution in [3.63, 3.8) is 0 Å². The second kappa shape index (κ2) is 3.79. The maximum Gasteiger partial charge on any atom is 0.211 e. The number of sulfonamides is 1. The molecule has 1 atom stereocenters. The van der Waals surface area contributed by atoms with E-state index >= 15 is 0 Å². The highest BCUT2D eigenvalue weighted by molar-refractivity contribution is 7.88.